The van der Waals surface area contributed by atoms with Crippen LogP contribution in [0, 0.1) is 0 Å². The summed E-state index contributed by atoms with van der Waals surface area (Å²) in [5.41, 5.74) is 10.9. The number of rotatable bonds is 3. The third-order valence-electron chi connectivity index (χ3n) is 6.42. The van der Waals surface area contributed by atoms with Crippen LogP contribution in [0.25, 0.3) is 22.2 Å². The molecule has 1 aliphatic carbocycles. The second-order valence-corrected chi connectivity index (χ2v) is 8.06. The molecular formula is C24H26N2O3. The molecule has 1 amide bonds. The molecule has 0 unspecified atom stereocenters. The van der Waals surface area contributed by atoms with Gasteiger partial charge in [0, 0.05) is 28.1 Å². The van der Waals surface area contributed by atoms with Gasteiger partial charge in [-0.3, -0.25) is 4.79 Å². The number of fused-ring (bicyclic) bond motifs is 5. The van der Waals surface area contributed by atoms with E-state index in [4.69, 9.17) is 15.2 Å². The van der Waals surface area contributed by atoms with E-state index in [0.29, 0.717) is 18.1 Å². The first-order valence-corrected chi connectivity index (χ1v) is 10.4. The van der Waals surface area contributed by atoms with Crippen LogP contribution in [-0.2, 0) is 6.54 Å². The molecule has 5 rings (SSSR count). The number of aromatic nitrogens is 1. The molecule has 5 heteroatoms. The minimum absolute atomic E-state index is 0.392. The first kappa shape index (κ1) is 18.1. The number of carbonyl (C=O) groups excluding carboxylic acids is 1. The standard InChI is InChI=1S/C24H26N2O3/c1-28-17-8-10-19-21(14-17)29-12-11-26-20-13-16(24(25)27)7-9-18(20)22(23(19)26)15-5-3-2-4-6-15/h7-10,13-15H,2-6,11-12H2,1H3,(H2,25,27). The molecule has 2 aliphatic rings. The van der Waals surface area contributed by atoms with Crippen molar-refractivity contribution in [1.82, 2.24) is 4.57 Å². The molecule has 2 heterocycles. The molecule has 1 aromatic heterocycles. The predicted molar refractivity (Wildman–Crippen MR) is 114 cm³/mol. The Balaban J connectivity index is 1.81. The van der Waals surface area contributed by atoms with Gasteiger partial charge >= 0.3 is 0 Å². The number of methoxy groups -OCH3 is 1. The van der Waals surface area contributed by atoms with E-state index in [1.807, 2.05) is 24.3 Å². The number of nitrogens with two attached hydrogens (primary N) is 1. The Hall–Kier alpha value is -2.95. The molecule has 0 saturated heterocycles. The summed E-state index contributed by atoms with van der Waals surface area (Å²) in [5.74, 6) is 1.79. The van der Waals surface area contributed by atoms with Crippen molar-refractivity contribution in [1.29, 1.82) is 0 Å². The van der Waals surface area contributed by atoms with Crippen molar-refractivity contribution < 1.29 is 14.3 Å². The Bertz CT molecular complexity index is 1090. The Labute approximate surface area is 170 Å². The minimum Gasteiger partial charge on any atom is -0.497 e. The van der Waals surface area contributed by atoms with E-state index in [2.05, 4.69) is 16.7 Å². The van der Waals surface area contributed by atoms with Crippen molar-refractivity contribution in [2.75, 3.05) is 13.7 Å². The maximum Gasteiger partial charge on any atom is 0.248 e. The van der Waals surface area contributed by atoms with Crippen LogP contribution in [-0.4, -0.2) is 24.2 Å². The van der Waals surface area contributed by atoms with E-state index in [1.165, 1.54) is 48.7 Å². The van der Waals surface area contributed by atoms with Gasteiger partial charge in [0.05, 0.1) is 19.3 Å². The van der Waals surface area contributed by atoms with Crippen LogP contribution < -0.4 is 15.2 Å². The van der Waals surface area contributed by atoms with E-state index < -0.39 is 5.91 Å². The van der Waals surface area contributed by atoms with Gasteiger partial charge in [-0.2, -0.15) is 0 Å². The molecule has 0 atom stereocenters. The van der Waals surface area contributed by atoms with E-state index in [0.717, 1.165) is 29.1 Å². The monoisotopic (exact) mass is 390 g/mol. The zero-order chi connectivity index (χ0) is 20.0. The van der Waals surface area contributed by atoms with Gasteiger partial charge < -0.3 is 19.8 Å². The molecule has 0 spiro atoms. The molecule has 5 nitrogen and oxygen atoms in total. The fourth-order valence-electron chi connectivity index (χ4n) is 5.05. The van der Waals surface area contributed by atoms with Crippen molar-refractivity contribution in [3.8, 4) is 22.8 Å². The number of hydrogen-bond acceptors (Lipinski definition) is 3. The van der Waals surface area contributed by atoms with Crippen LogP contribution in [0.15, 0.2) is 36.4 Å². The summed E-state index contributed by atoms with van der Waals surface area (Å²) in [4.78, 5) is 11.8. The van der Waals surface area contributed by atoms with Crippen LogP contribution in [0.3, 0.4) is 0 Å². The van der Waals surface area contributed by atoms with Crippen molar-refractivity contribution in [3.05, 3.63) is 47.5 Å². The maximum absolute atomic E-state index is 11.8. The highest BCUT2D eigenvalue weighted by molar-refractivity contribution is 6.00. The average Bonchev–Trinajstić information content (AvgIpc) is 2.95. The summed E-state index contributed by atoms with van der Waals surface area (Å²) in [6.45, 7) is 1.31. The third-order valence-corrected chi connectivity index (χ3v) is 6.42. The topological polar surface area (TPSA) is 66.5 Å². The molecule has 2 aromatic carbocycles. The summed E-state index contributed by atoms with van der Waals surface area (Å²) >= 11 is 0. The molecule has 0 radical (unpaired) electrons. The van der Waals surface area contributed by atoms with Gasteiger partial charge in [-0.1, -0.05) is 25.3 Å². The first-order valence-electron chi connectivity index (χ1n) is 10.4. The highest BCUT2D eigenvalue weighted by Gasteiger charge is 2.29. The van der Waals surface area contributed by atoms with Crippen LogP contribution in [0.2, 0.25) is 0 Å². The molecule has 3 aromatic rings. The second kappa shape index (κ2) is 7.14. The Morgan fingerprint density at radius 2 is 1.97 bits per heavy atom. The number of carbonyl (C=O) groups is 1. The minimum atomic E-state index is -0.392. The van der Waals surface area contributed by atoms with E-state index >= 15 is 0 Å². The number of ether oxygens (including phenoxy) is 2. The van der Waals surface area contributed by atoms with Gasteiger partial charge in [-0.15, -0.1) is 0 Å². The quantitative estimate of drug-likeness (QED) is 0.695. The normalized spacial score (nSPS) is 16.6. The molecule has 1 fully saturated rings. The van der Waals surface area contributed by atoms with Crippen molar-refractivity contribution >= 4 is 16.8 Å². The molecule has 1 saturated carbocycles. The smallest absolute Gasteiger partial charge is 0.248 e. The summed E-state index contributed by atoms with van der Waals surface area (Å²) < 4.78 is 13.9. The molecule has 0 bridgehead atoms. The van der Waals surface area contributed by atoms with Gasteiger partial charge in [0.2, 0.25) is 5.91 Å². The average molecular weight is 390 g/mol. The van der Waals surface area contributed by atoms with Gasteiger partial charge in [-0.25, -0.2) is 0 Å². The van der Waals surface area contributed by atoms with Gasteiger partial charge in [0.25, 0.3) is 0 Å². The fourth-order valence-corrected chi connectivity index (χ4v) is 5.05. The van der Waals surface area contributed by atoms with E-state index in [9.17, 15) is 4.79 Å². The first-order chi connectivity index (χ1) is 14.2. The maximum atomic E-state index is 11.8. The van der Waals surface area contributed by atoms with E-state index in [-0.39, 0.29) is 0 Å². The van der Waals surface area contributed by atoms with Crippen LogP contribution in [0.4, 0.5) is 0 Å². The lowest BCUT2D eigenvalue weighted by Crippen LogP contribution is -2.11. The summed E-state index contributed by atoms with van der Waals surface area (Å²) in [6, 6.07) is 12.0. The number of benzene rings is 2. The Morgan fingerprint density at radius 3 is 2.72 bits per heavy atom. The molecular weight excluding hydrogens is 364 g/mol. The number of amides is 1. The second-order valence-electron chi connectivity index (χ2n) is 8.06. The summed E-state index contributed by atoms with van der Waals surface area (Å²) in [6.07, 6.45) is 6.25. The van der Waals surface area contributed by atoms with Gasteiger partial charge in [0.1, 0.15) is 18.1 Å². The Kier molecular flexibility index (Phi) is 4.46. The Morgan fingerprint density at radius 1 is 1.14 bits per heavy atom. The lowest BCUT2D eigenvalue weighted by Gasteiger charge is -2.23. The molecule has 2 N–H and O–H groups in total. The molecule has 150 valence electrons. The zero-order valence-corrected chi connectivity index (χ0v) is 16.7. The highest BCUT2D eigenvalue weighted by atomic mass is 16.5. The van der Waals surface area contributed by atoms with Crippen molar-refractivity contribution in [3.63, 3.8) is 0 Å². The highest BCUT2D eigenvalue weighted by Crippen LogP contribution is 2.47. The van der Waals surface area contributed by atoms with Gasteiger partial charge in [-0.05, 0) is 48.6 Å². The summed E-state index contributed by atoms with van der Waals surface area (Å²) in [5, 5.41) is 1.24. The fraction of sp³-hybridized carbons (Fsp3) is 0.375. The lowest BCUT2D eigenvalue weighted by atomic mass is 9.81. The van der Waals surface area contributed by atoms with Crippen LogP contribution in [0.1, 0.15) is 53.9 Å². The van der Waals surface area contributed by atoms with Gasteiger partial charge in [0.15, 0.2) is 0 Å². The van der Waals surface area contributed by atoms with Crippen LogP contribution in [0.5, 0.6) is 11.5 Å². The van der Waals surface area contributed by atoms with Crippen LogP contribution >= 0.6 is 0 Å². The summed E-state index contributed by atoms with van der Waals surface area (Å²) in [7, 11) is 1.67. The number of hydrogen-bond donors (Lipinski definition) is 1. The van der Waals surface area contributed by atoms with E-state index in [1.54, 1.807) is 7.11 Å². The number of nitrogens with zero attached hydrogens (tertiary/aromatic N) is 1. The van der Waals surface area contributed by atoms with Crippen molar-refractivity contribution in [2.24, 2.45) is 5.73 Å². The predicted octanol–water partition coefficient (Wildman–Crippen LogP) is 4.86. The zero-order valence-electron chi connectivity index (χ0n) is 16.7. The molecule has 1 aliphatic heterocycles. The SMILES string of the molecule is COc1ccc2c(c1)OCCn1c-2c(C2CCCCC2)c2ccc(C(N)=O)cc21. The van der Waals surface area contributed by atoms with Crippen molar-refractivity contribution in [2.45, 2.75) is 44.6 Å². The molecule has 29 heavy (non-hydrogen) atoms. The lowest BCUT2D eigenvalue weighted by molar-refractivity contribution is 0.100. The third kappa shape index (κ3) is 2.96. The number of primary amides is 1. The largest absolute Gasteiger partial charge is 0.497 e.